The van der Waals surface area contributed by atoms with Gasteiger partial charge < -0.3 is 5.11 Å². The van der Waals surface area contributed by atoms with Crippen LogP contribution in [0.1, 0.15) is 37.2 Å². The van der Waals surface area contributed by atoms with E-state index in [4.69, 9.17) is 5.11 Å². The summed E-state index contributed by atoms with van der Waals surface area (Å²) in [6, 6.07) is 9.61. The summed E-state index contributed by atoms with van der Waals surface area (Å²) in [5, 5.41) is 8.89. The highest BCUT2D eigenvalue weighted by atomic mass is 19.1. The first kappa shape index (κ1) is 11.1. The molecule has 1 aliphatic rings. The van der Waals surface area contributed by atoms with Crippen LogP contribution in [0.25, 0.3) is 0 Å². The number of rotatable bonds is 2. The Morgan fingerprint density at radius 1 is 1.38 bits per heavy atom. The van der Waals surface area contributed by atoms with Gasteiger partial charge in [0.2, 0.25) is 5.67 Å². The van der Waals surface area contributed by atoms with Gasteiger partial charge in [0, 0.05) is 0 Å². The largest absolute Gasteiger partial charge is 0.479 e. The minimum atomic E-state index is -2.03. The number of benzene rings is 1. The van der Waals surface area contributed by atoms with E-state index in [1.165, 1.54) is 0 Å². The van der Waals surface area contributed by atoms with E-state index in [0.29, 0.717) is 6.42 Å². The van der Waals surface area contributed by atoms with E-state index in [2.05, 4.69) is 0 Å². The van der Waals surface area contributed by atoms with Crippen LogP contribution in [0.4, 0.5) is 4.39 Å². The molecule has 1 aromatic rings. The first-order valence-electron chi connectivity index (χ1n) is 5.59. The lowest BCUT2D eigenvalue weighted by Crippen LogP contribution is -2.38. The zero-order chi connectivity index (χ0) is 11.6. The molecule has 1 N–H and O–H groups in total. The fourth-order valence-corrected chi connectivity index (χ4v) is 2.43. The highest BCUT2D eigenvalue weighted by molar-refractivity contribution is 5.77. The second-order valence-corrected chi connectivity index (χ2v) is 4.47. The predicted octanol–water partition coefficient (Wildman–Crippen LogP) is 3.14. The molecule has 1 saturated carbocycles. The summed E-state index contributed by atoms with van der Waals surface area (Å²) < 4.78 is 14.0. The molecule has 1 aliphatic carbocycles. The summed E-state index contributed by atoms with van der Waals surface area (Å²) in [7, 11) is 0. The van der Waals surface area contributed by atoms with Crippen molar-refractivity contribution in [1.82, 2.24) is 0 Å². The van der Waals surface area contributed by atoms with E-state index in [0.717, 1.165) is 12.0 Å². The fraction of sp³-hybridized carbons (Fsp3) is 0.462. The van der Waals surface area contributed by atoms with Gasteiger partial charge in [-0.05, 0) is 37.2 Å². The molecule has 0 aliphatic heterocycles. The lowest BCUT2D eigenvalue weighted by atomic mass is 9.76. The van der Waals surface area contributed by atoms with Gasteiger partial charge in [-0.25, -0.2) is 9.18 Å². The van der Waals surface area contributed by atoms with Gasteiger partial charge in [-0.2, -0.15) is 0 Å². The van der Waals surface area contributed by atoms with Gasteiger partial charge in [0.15, 0.2) is 0 Å². The quantitative estimate of drug-likeness (QED) is 0.834. The maximum atomic E-state index is 14.0. The van der Waals surface area contributed by atoms with Gasteiger partial charge in [-0.3, -0.25) is 0 Å². The van der Waals surface area contributed by atoms with E-state index >= 15 is 0 Å². The second kappa shape index (κ2) is 4.24. The summed E-state index contributed by atoms with van der Waals surface area (Å²) >= 11 is 0. The molecular formula is C13H15FO2. The van der Waals surface area contributed by atoms with Crippen molar-refractivity contribution in [2.24, 2.45) is 0 Å². The van der Waals surface area contributed by atoms with Gasteiger partial charge in [-0.15, -0.1) is 0 Å². The van der Waals surface area contributed by atoms with Gasteiger partial charge in [0.1, 0.15) is 0 Å². The number of halogens is 1. The van der Waals surface area contributed by atoms with Gasteiger partial charge in [0.25, 0.3) is 0 Å². The predicted molar refractivity (Wildman–Crippen MR) is 59.1 cm³/mol. The minimum absolute atomic E-state index is 0.0380. The summed E-state index contributed by atoms with van der Waals surface area (Å²) in [6.07, 6.45) is 1.77. The number of hydrogen-bond donors (Lipinski definition) is 1. The van der Waals surface area contributed by atoms with Crippen molar-refractivity contribution in [3.63, 3.8) is 0 Å². The van der Waals surface area contributed by atoms with Crippen LogP contribution in [-0.2, 0) is 4.79 Å². The molecular weight excluding hydrogens is 207 g/mol. The summed E-state index contributed by atoms with van der Waals surface area (Å²) in [5.41, 5.74) is -0.982. The van der Waals surface area contributed by atoms with Crippen molar-refractivity contribution >= 4 is 5.97 Å². The number of hydrogen-bond acceptors (Lipinski definition) is 1. The molecule has 0 spiro atoms. The van der Waals surface area contributed by atoms with Crippen molar-refractivity contribution in [1.29, 1.82) is 0 Å². The van der Waals surface area contributed by atoms with Crippen molar-refractivity contribution in [3.05, 3.63) is 35.9 Å². The topological polar surface area (TPSA) is 37.3 Å². The van der Waals surface area contributed by atoms with Crippen LogP contribution in [0.5, 0.6) is 0 Å². The van der Waals surface area contributed by atoms with Crippen LogP contribution in [0.2, 0.25) is 0 Å². The normalized spacial score (nSPS) is 29.9. The number of carboxylic acids is 1. The van der Waals surface area contributed by atoms with Crippen molar-refractivity contribution in [3.8, 4) is 0 Å². The monoisotopic (exact) mass is 222 g/mol. The van der Waals surface area contributed by atoms with Gasteiger partial charge in [-0.1, -0.05) is 30.3 Å². The van der Waals surface area contributed by atoms with Crippen molar-refractivity contribution < 1.29 is 14.3 Å². The first-order valence-corrected chi connectivity index (χ1v) is 5.59. The van der Waals surface area contributed by atoms with E-state index in [1.807, 2.05) is 30.3 Å². The molecule has 1 unspecified atom stereocenters. The number of alkyl halides is 1. The highest BCUT2D eigenvalue weighted by Gasteiger charge is 2.43. The van der Waals surface area contributed by atoms with E-state index < -0.39 is 11.6 Å². The summed E-state index contributed by atoms with van der Waals surface area (Å²) in [6.45, 7) is 0. The Kier molecular flexibility index (Phi) is 2.95. The van der Waals surface area contributed by atoms with Gasteiger partial charge >= 0.3 is 5.97 Å². The molecule has 3 heteroatoms. The smallest absolute Gasteiger partial charge is 0.341 e. The molecule has 2 atom stereocenters. The summed E-state index contributed by atoms with van der Waals surface area (Å²) in [4.78, 5) is 10.9. The van der Waals surface area contributed by atoms with Crippen molar-refractivity contribution in [2.45, 2.75) is 37.3 Å². The zero-order valence-electron chi connectivity index (χ0n) is 9.03. The average Bonchev–Trinajstić information content (AvgIpc) is 2.30. The SMILES string of the molecule is O=C(O)C1(F)CCC[C@@H](c2ccccc2)C1. The number of carbonyl (C=O) groups is 1. The van der Waals surface area contributed by atoms with Crippen LogP contribution >= 0.6 is 0 Å². The Morgan fingerprint density at radius 3 is 2.69 bits per heavy atom. The minimum Gasteiger partial charge on any atom is -0.479 e. The first-order chi connectivity index (χ1) is 7.62. The molecule has 0 amide bonds. The Hall–Kier alpha value is -1.38. The third-order valence-electron chi connectivity index (χ3n) is 3.35. The lowest BCUT2D eigenvalue weighted by Gasteiger charge is -2.31. The molecule has 0 heterocycles. The van der Waals surface area contributed by atoms with Gasteiger partial charge in [0.05, 0.1) is 0 Å². The molecule has 0 radical (unpaired) electrons. The standard InChI is InChI=1S/C13H15FO2/c14-13(12(15)16)8-4-7-11(9-13)10-5-2-1-3-6-10/h1-3,5-6,11H,4,7-9H2,(H,15,16)/t11-,13?/m1/s1. The zero-order valence-corrected chi connectivity index (χ0v) is 9.03. The Morgan fingerprint density at radius 2 is 2.06 bits per heavy atom. The third kappa shape index (κ3) is 2.08. The lowest BCUT2D eigenvalue weighted by molar-refractivity contribution is -0.153. The van der Waals surface area contributed by atoms with Crippen molar-refractivity contribution in [2.75, 3.05) is 0 Å². The second-order valence-electron chi connectivity index (χ2n) is 4.47. The van der Waals surface area contributed by atoms with E-state index in [-0.39, 0.29) is 18.8 Å². The molecule has 2 rings (SSSR count). The maximum absolute atomic E-state index is 14.0. The van der Waals surface area contributed by atoms with Crippen LogP contribution in [0.3, 0.4) is 0 Å². The average molecular weight is 222 g/mol. The molecule has 16 heavy (non-hydrogen) atoms. The van der Waals surface area contributed by atoms with Crippen LogP contribution in [0.15, 0.2) is 30.3 Å². The number of carboxylic acid groups (broad SMARTS) is 1. The Labute approximate surface area is 94.1 Å². The molecule has 2 nitrogen and oxygen atoms in total. The molecule has 1 aromatic carbocycles. The fourth-order valence-electron chi connectivity index (χ4n) is 2.43. The Bertz CT molecular complexity index is 377. The van der Waals surface area contributed by atoms with E-state index in [9.17, 15) is 9.18 Å². The van der Waals surface area contributed by atoms with Crippen LogP contribution < -0.4 is 0 Å². The molecule has 0 bridgehead atoms. The summed E-state index contributed by atoms with van der Waals surface area (Å²) in [5.74, 6) is -1.27. The van der Waals surface area contributed by atoms with E-state index in [1.54, 1.807) is 0 Å². The molecule has 0 aromatic heterocycles. The third-order valence-corrected chi connectivity index (χ3v) is 3.35. The molecule has 1 fully saturated rings. The number of aliphatic carboxylic acids is 1. The Balaban J connectivity index is 2.17. The highest BCUT2D eigenvalue weighted by Crippen LogP contribution is 2.40. The van der Waals surface area contributed by atoms with Crippen LogP contribution in [-0.4, -0.2) is 16.7 Å². The molecule has 86 valence electrons. The maximum Gasteiger partial charge on any atom is 0.341 e. The van der Waals surface area contributed by atoms with Crippen LogP contribution in [0, 0.1) is 0 Å². The molecule has 0 saturated heterocycles.